The van der Waals surface area contributed by atoms with Gasteiger partial charge in [0.2, 0.25) is 0 Å². The number of alkyl halides is 1. The molecule has 2 heteroatoms. The fourth-order valence-electron chi connectivity index (χ4n) is 2.99. The van der Waals surface area contributed by atoms with E-state index >= 15 is 0 Å². The van der Waals surface area contributed by atoms with Gasteiger partial charge in [-0.05, 0) is 28.9 Å². The van der Waals surface area contributed by atoms with Gasteiger partial charge in [-0.3, -0.25) is 4.98 Å². The van der Waals surface area contributed by atoms with Crippen LogP contribution in [-0.4, -0.2) is 10.4 Å². The van der Waals surface area contributed by atoms with E-state index in [9.17, 15) is 0 Å². The summed E-state index contributed by atoms with van der Waals surface area (Å²) in [5, 5.41) is 0.194. The van der Waals surface area contributed by atoms with Crippen molar-refractivity contribution in [3.8, 4) is 0 Å². The molecule has 0 bridgehead atoms. The summed E-state index contributed by atoms with van der Waals surface area (Å²) in [5.41, 5.74) is 1.81. The third-order valence-electron chi connectivity index (χ3n) is 4.62. The van der Waals surface area contributed by atoms with Gasteiger partial charge in [0, 0.05) is 23.7 Å². The van der Waals surface area contributed by atoms with Crippen LogP contribution in [0, 0.1) is 16.7 Å². The van der Waals surface area contributed by atoms with Gasteiger partial charge in [0.25, 0.3) is 0 Å². The molecule has 1 aliphatic carbocycles. The Labute approximate surface area is 103 Å². The van der Waals surface area contributed by atoms with E-state index in [0.717, 1.165) is 12.1 Å². The molecule has 0 spiro atoms. The Morgan fingerprint density at radius 1 is 1.25 bits per heavy atom. The first-order chi connectivity index (χ1) is 7.37. The van der Waals surface area contributed by atoms with Crippen molar-refractivity contribution in [1.82, 2.24) is 4.98 Å². The van der Waals surface area contributed by atoms with Gasteiger partial charge in [-0.2, -0.15) is 0 Å². The molecular weight excluding hydrogens is 218 g/mol. The molecule has 1 nitrogen and oxygen atoms in total. The molecule has 88 valence electrons. The van der Waals surface area contributed by atoms with E-state index < -0.39 is 0 Å². The Hall–Kier alpha value is -0.560. The molecule has 1 aromatic rings. The van der Waals surface area contributed by atoms with Gasteiger partial charge >= 0.3 is 0 Å². The van der Waals surface area contributed by atoms with Gasteiger partial charge < -0.3 is 0 Å². The Balaban J connectivity index is 2.04. The van der Waals surface area contributed by atoms with Crippen LogP contribution in [0.1, 0.15) is 33.4 Å². The molecule has 1 fully saturated rings. The second-order valence-electron chi connectivity index (χ2n) is 5.96. The number of hydrogen-bond acceptors (Lipinski definition) is 1. The number of nitrogens with zero attached hydrogens (tertiary/aromatic N) is 1. The van der Waals surface area contributed by atoms with E-state index in [1.165, 1.54) is 0 Å². The molecule has 0 amide bonds. The van der Waals surface area contributed by atoms with E-state index in [1.54, 1.807) is 0 Å². The standard InChI is InChI=1S/C14H20ClN/c1-13(2)12(14(13,3)4)11(15)9-10-7-5-6-8-16-10/h5-8,11-12H,9H2,1-4H3. The molecule has 0 N–H and O–H groups in total. The fourth-order valence-corrected chi connectivity index (χ4v) is 3.78. The van der Waals surface area contributed by atoms with Crippen LogP contribution in [0.15, 0.2) is 24.4 Å². The van der Waals surface area contributed by atoms with Crippen LogP contribution in [0.25, 0.3) is 0 Å². The maximum Gasteiger partial charge on any atom is 0.0430 e. The predicted octanol–water partition coefficient (Wildman–Crippen LogP) is 3.91. The highest BCUT2D eigenvalue weighted by atomic mass is 35.5. The highest BCUT2D eigenvalue weighted by Gasteiger charge is 2.66. The first-order valence-corrected chi connectivity index (χ1v) is 6.35. The van der Waals surface area contributed by atoms with Crippen molar-refractivity contribution in [2.45, 2.75) is 39.5 Å². The first-order valence-electron chi connectivity index (χ1n) is 5.91. The largest absolute Gasteiger partial charge is 0.261 e. The smallest absolute Gasteiger partial charge is 0.0430 e. The highest BCUT2D eigenvalue weighted by molar-refractivity contribution is 6.21. The van der Waals surface area contributed by atoms with Crippen LogP contribution >= 0.6 is 11.6 Å². The summed E-state index contributed by atoms with van der Waals surface area (Å²) < 4.78 is 0. The monoisotopic (exact) mass is 237 g/mol. The minimum absolute atomic E-state index is 0.194. The molecule has 2 rings (SSSR count). The molecule has 1 unspecified atom stereocenters. The summed E-state index contributed by atoms with van der Waals surface area (Å²) in [6, 6.07) is 6.02. The van der Waals surface area contributed by atoms with Crippen molar-refractivity contribution < 1.29 is 0 Å². The summed E-state index contributed by atoms with van der Waals surface area (Å²) in [5.74, 6) is 0.587. The summed E-state index contributed by atoms with van der Waals surface area (Å²) in [6.07, 6.45) is 2.71. The highest BCUT2D eigenvalue weighted by Crippen LogP contribution is 2.70. The molecule has 0 radical (unpaired) electrons. The third-order valence-corrected chi connectivity index (χ3v) is 5.03. The molecular formula is C14H20ClN. The molecule has 1 saturated carbocycles. The second kappa shape index (κ2) is 3.73. The summed E-state index contributed by atoms with van der Waals surface area (Å²) in [4.78, 5) is 4.34. The molecule has 1 aliphatic rings. The van der Waals surface area contributed by atoms with E-state index in [2.05, 4.69) is 38.7 Å². The lowest BCUT2D eigenvalue weighted by molar-refractivity contribution is 0.457. The number of rotatable bonds is 3. The van der Waals surface area contributed by atoms with E-state index in [1.807, 2.05) is 18.3 Å². The summed E-state index contributed by atoms with van der Waals surface area (Å²) in [7, 11) is 0. The van der Waals surface area contributed by atoms with Crippen LogP contribution in [-0.2, 0) is 6.42 Å². The maximum absolute atomic E-state index is 6.54. The van der Waals surface area contributed by atoms with Crippen molar-refractivity contribution in [2.75, 3.05) is 0 Å². The third kappa shape index (κ3) is 1.75. The van der Waals surface area contributed by atoms with Crippen LogP contribution in [0.2, 0.25) is 0 Å². The number of hydrogen-bond donors (Lipinski definition) is 0. The van der Waals surface area contributed by atoms with Gasteiger partial charge in [-0.1, -0.05) is 33.8 Å². The summed E-state index contributed by atoms with van der Waals surface area (Å²) >= 11 is 6.54. The van der Waals surface area contributed by atoms with Crippen molar-refractivity contribution in [3.63, 3.8) is 0 Å². The molecule has 1 aromatic heterocycles. The average Bonchev–Trinajstić information content (AvgIpc) is 2.58. The topological polar surface area (TPSA) is 12.9 Å². The molecule has 16 heavy (non-hydrogen) atoms. The zero-order chi connectivity index (χ0) is 12.0. The second-order valence-corrected chi connectivity index (χ2v) is 6.52. The quantitative estimate of drug-likeness (QED) is 0.727. The summed E-state index contributed by atoms with van der Waals surface area (Å²) in [6.45, 7) is 9.24. The first kappa shape index (κ1) is 11.9. The SMILES string of the molecule is CC1(C)C(C(Cl)Cc2ccccn2)C1(C)C. The van der Waals surface area contributed by atoms with Crippen molar-refractivity contribution in [1.29, 1.82) is 0 Å². The minimum atomic E-state index is 0.194. The maximum atomic E-state index is 6.54. The molecule has 1 atom stereocenters. The van der Waals surface area contributed by atoms with Crippen molar-refractivity contribution in [2.24, 2.45) is 16.7 Å². The van der Waals surface area contributed by atoms with Crippen LogP contribution < -0.4 is 0 Å². The zero-order valence-electron chi connectivity index (χ0n) is 10.5. The van der Waals surface area contributed by atoms with Gasteiger partial charge in [0.15, 0.2) is 0 Å². The Morgan fingerprint density at radius 2 is 1.88 bits per heavy atom. The van der Waals surface area contributed by atoms with Gasteiger partial charge in [-0.25, -0.2) is 0 Å². The van der Waals surface area contributed by atoms with Crippen molar-refractivity contribution >= 4 is 11.6 Å². The minimum Gasteiger partial charge on any atom is -0.261 e. The van der Waals surface area contributed by atoms with Crippen LogP contribution in [0.5, 0.6) is 0 Å². The Morgan fingerprint density at radius 3 is 2.31 bits per heavy atom. The number of aromatic nitrogens is 1. The zero-order valence-corrected chi connectivity index (χ0v) is 11.3. The predicted molar refractivity (Wildman–Crippen MR) is 68.6 cm³/mol. The molecule has 0 aromatic carbocycles. The van der Waals surface area contributed by atoms with Gasteiger partial charge in [-0.15, -0.1) is 11.6 Å². The van der Waals surface area contributed by atoms with E-state index in [4.69, 9.17) is 11.6 Å². The van der Waals surface area contributed by atoms with E-state index in [0.29, 0.717) is 16.7 Å². The normalized spacial score (nSPS) is 24.1. The average molecular weight is 238 g/mol. The van der Waals surface area contributed by atoms with Crippen LogP contribution in [0.3, 0.4) is 0 Å². The number of halogens is 1. The van der Waals surface area contributed by atoms with Crippen LogP contribution in [0.4, 0.5) is 0 Å². The van der Waals surface area contributed by atoms with Crippen molar-refractivity contribution in [3.05, 3.63) is 30.1 Å². The lowest BCUT2D eigenvalue weighted by Crippen LogP contribution is -2.11. The lowest BCUT2D eigenvalue weighted by atomic mass is 10.0. The molecule has 0 aliphatic heterocycles. The lowest BCUT2D eigenvalue weighted by Gasteiger charge is -2.10. The molecule has 1 heterocycles. The van der Waals surface area contributed by atoms with Gasteiger partial charge in [0.05, 0.1) is 0 Å². The molecule has 0 saturated heterocycles. The van der Waals surface area contributed by atoms with Gasteiger partial charge in [0.1, 0.15) is 0 Å². The number of pyridine rings is 1. The fraction of sp³-hybridized carbons (Fsp3) is 0.643. The Kier molecular flexibility index (Phi) is 2.78. The van der Waals surface area contributed by atoms with E-state index in [-0.39, 0.29) is 5.38 Å². The Bertz CT molecular complexity index is 356.